The summed E-state index contributed by atoms with van der Waals surface area (Å²) in [6.45, 7) is 9.06. The topological polar surface area (TPSA) is 67.4 Å². The number of nitrogens with zero attached hydrogens (tertiary/aromatic N) is 3. The van der Waals surface area contributed by atoms with Crippen molar-refractivity contribution >= 4 is 11.9 Å². The Labute approximate surface area is 132 Å². The van der Waals surface area contributed by atoms with Gasteiger partial charge in [-0.3, -0.25) is 4.98 Å². The molecule has 1 atom stereocenters. The smallest absolute Gasteiger partial charge is 0.407 e. The number of aromatic nitrogens is 2. The van der Waals surface area contributed by atoms with Gasteiger partial charge in [-0.15, -0.1) is 0 Å². The molecule has 1 aromatic heterocycles. The van der Waals surface area contributed by atoms with Crippen molar-refractivity contribution in [2.45, 2.75) is 58.6 Å². The van der Waals surface area contributed by atoms with Crippen molar-refractivity contribution < 1.29 is 9.53 Å². The molecule has 0 aliphatic carbocycles. The average Bonchev–Trinajstić information content (AvgIpc) is 2.44. The number of alkyl carbamates (subject to hydrolysis) is 1. The highest BCUT2D eigenvalue weighted by molar-refractivity contribution is 5.67. The van der Waals surface area contributed by atoms with E-state index in [4.69, 9.17) is 4.74 Å². The Bertz CT molecular complexity index is 513. The maximum atomic E-state index is 11.8. The van der Waals surface area contributed by atoms with Crippen LogP contribution in [0.1, 0.15) is 45.7 Å². The predicted molar refractivity (Wildman–Crippen MR) is 86.0 cm³/mol. The molecule has 0 saturated carbocycles. The molecule has 0 aromatic carbocycles. The lowest BCUT2D eigenvalue weighted by Crippen LogP contribution is -2.48. The summed E-state index contributed by atoms with van der Waals surface area (Å²) in [7, 11) is 0. The first-order chi connectivity index (χ1) is 10.4. The second-order valence-electron chi connectivity index (χ2n) is 6.69. The number of hydrogen-bond acceptors (Lipinski definition) is 5. The third-order valence-electron chi connectivity index (χ3n) is 3.64. The summed E-state index contributed by atoms with van der Waals surface area (Å²) in [6.07, 6.45) is 6.39. The second kappa shape index (κ2) is 6.94. The van der Waals surface area contributed by atoms with Gasteiger partial charge in [-0.05, 0) is 47.0 Å². The number of amides is 1. The predicted octanol–water partition coefficient (Wildman–Crippen LogP) is 2.67. The van der Waals surface area contributed by atoms with Gasteiger partial charge in [0.25, 0.3) is 0 Å². The number of nitrogens with one attached hydrogen (secondary N) is 1. The van der Waals surface area contributed by atoms with Gasteiger partial charge in [-0.1, -0.05) is 0 Å². The van der Waals surface area contributed by atoms with Crippen LogP contribution >= 0.6 is 0 Å². The van der Waals surface area contributed by atoms with Crippen molar-refractivity contribution in [2.24, 2.45) is 0 Å². The molecule has 6 heteroatoms. The van der Waals surface area contributed by atoms with Gasteiger partial charge in [0.15, 0.2) is 0 Å². The van der Waals surface area contributed by atoms with Gasteiger partial charge in [0.05, 0.1) is 5.69 Å². The van der Waals surface area contributed by atoms with Crippen LogP contribution in [0, 0.1) is 6.92 Å². The summed E-state index contributed by atoms with van der Waals surface area (Å²) >= 11 is 0. The number of anilines is 1. The summed E-state index contributed by atoms with van der Waals surface area (Å²) in [4.78, 5) is 22.9. The molecule has 122 valence electrons. The fraction of sp³-hybridized carbons (Fsp3) is 0.688. The van der Waals surface area contributed by atoms with Crippen molar-refractivity contribution in [1.82, 2.24) is 15.3 Å². The molecule has 1 saturated heterocycles. The molecule has 6 nitrogen and oxygen atoms in total. The highest BCUT2D eigenvalue weighted by Crippen LogP contribution is 2.24. The van der Waals surface area contributed by atoms with Crippen molar-refractivity contribution in [1.29, 1.82) is 0 Å². The Morgan fingerprint density at radius 3 is 2.77 bits per heavy atom. The Morgan fingerprint density at radius 1 is 1.36 bits per heavy atom. The molecule has 2 heterocycles. The lowest BCUT2D eigenvalue weighted by Gasteiger charge is -2.37. The normalized spacial score (nSPS) is 18.9. The first kappa shape index (κ1) is 16.5. The first-order valence-electron chi connectivity index (χ1n) is 7.88. The van der Waals surface area contributed by atoms with Gasteiger partial charge in [-0.2, -0.15) is 0 Å². The molecule has 1 fully saturated rings. The molecular formula is C16H26N4O2. The highest BCUT2D eigenvalue weighted by atomic mass is 16.6. The van der Waals surface area contributed by atoms with Crippen LogP contribution in [-0.2, 0) is 4.74 Å². The zero-order valence-corrected chi connectivity index (χ0v) is 13.9. The first-order valence-corrected chi connectivity index (χ1v) is 7.88. The summed E-state index contributed by atoms with van der Waals surface area (Å²) in [5, 5.41) is 2.88. The molecule has 0 bridgehead atoms. The number of aryl methyl sites for hydroxylation is 1. The lowest BCUT2D eigenvalue weighted by atomic mass is 10.0. The minimum Gasteiger partial charge on any atom is -0.444 e. The second-order valence-corrected chi connectivity index (χ2v) is 6.69. The Balaban J connectivity index is 1.99. The maximum absolute atomic E-state index is 11.8. The lowest BCUT2D eigenvalue weighted by molar-refractivity contribution is 0.0523. The standard InChI is InChI=1S/C16H26N4O2/c1-12-14(18-9-8-17-12)20-10-6-5-7-13(20)11-19-15(21)22-16(2,3)4/h8-9,13H,5-7,10-11H2,1-4H3,(H,19,21). The van der Waals surface area contributed by atoms with Crippen LogP contribution in [0.4, 0.5) is 10.6 Å². The molecule has 2 rings (SSSR count). The van der Waals surface area contributed by atoms with Crippen LogP contribution in [0.2, 0.25) is 0 Å². The minimum absolute atomic E-state index is 0.233. The summed E-state index contributed by atoms with van der Waals surface area (Å²) < 4.78 is 5.30. The average molecular weight is 306 g/mol. The molecular weight excluding hydrogens is 280 g/mol. The monoisotopic (exact) mass is 306 g/mol. The molecule has 1 unspecified atom stereocenters. The summed E-state index contributed by atoms with van der Waals surface area (Å²) in [6, 6.07) is 0.233. The third kappa shape index (κ3) is 4.58. The van der Waals surface area contributed by atoms with E-state index in [-0.39, 0.29) is 12.1 Å². The van der Waals surface area contributed by atoms with E-state index in [9.17, 15) is 4.79 Å². The number of rotatable bonds is 3. The van der Waals surface area contributed by atoms with E-state index in [0.29, 0.717) is 6.54 Å². The van der Waals surface area contributed by atoms with Crippen LogP contribution < -0.4 is 10.2 Å². The zero-order chi connectivity index (χ0) is 16.2. The van der Waals surface area contributed by atoms with E-state index in [1.807, 2.05) is 27.7 Å². The number of carbonyl (C=O) groups excluding carboxylic acids is 1. The number of ether oxygens (including phenoxy) is 1. The van der Waals surface area contributed by atoms with Crippen LogP contribution in [0.5, 0.6) is 0 Å². The number of carbonyl (C=O) groups is 1. The maximum Gasteiger partial charge on any atom is 0.407 e. The van der Waals surface area contributed by atoms with E-state index < -0.39 is 5.60 Å². The van der Waals surface area contributed by atoms with E-state index in [1.54, 1.807) is 12.4 Å². The van der Waals surface area contributed by atoms with E-state index in [1.165, 1.54) is 0 Å². The molecule has 0 radical (unpaired) electrons. The Morgan fingerprint density at radius 2 is 2.09 bits per heavy atom. The molecule has 1 aromatic rings. The van der Waals surface area contributed by atoms with Crippen LogP contribution in [-0.4, -0.2) is 40.8 Å². The quantitative estimate of drug-likeness (QED) is 0.930. The van der Waals surface area contributed by atoms with Crippen LogP contribution in [0.15, 0.2) is 12.4 Å². The van der Waals surface area contributed by atoms with Crippen molar-refractivity contribution in [3.05, 3.63) is 18.1 Å². The molecule has 1 aliphatic rings. The Kier molecular flexibility index (Phi) is 5.21. The molecule has 1 N–H and O–H groups in total. The summed E-state index contributed by atoms with van der Waals surface area (Å²) in [5.74, 6) is 0.915. The number of hydrogen-bond donors (Lipinski definition) is 1. The fourth-order valence-electron chi connectivity index (χ4n) is 2.69. The van der Waals surface area contributed by atoms with Gasteiger partial charge in [0, 0.05) is 31.5 Å². The van der Waals surface area contributed by atoms with E-state index >= 15 is 0 Å². The number of piperidine rings is 1. The van der Waals surface area contributed by atoms with Gasteiger partial charge >= 0.3 is 6.09 Å². The highest BCUT2D eigenvalue weighted by Gasteiger charge is 2.26. The van der Waals surface area contributed by atoms with Crippen molar-refractivity contribution in [3.63, 3.8) is 0 Å². The van der Waals surface area contributed by atoms with E-state index in [2.05, 4.69) is 20.2 Å². The van der Waals surface area contributed by atoms with Crippen LogP contribution in [0.25, 0.3) is 0 Å². The molecule has 22 heavy (non-hydrogen) atoms. The van der Waals surface area contributed by atoms with Crippen molar-refractivity contribution in [2.75, 3.05) is 18.0 Å². The molecule has 1 aliphatic heterocycles. The van der Waals surface area contributed by atoms with Crippen LogP contribution in [0.3, 0.4) is 0 Å². The van der Waals surface area contributed by atoms with Gasteiger partial charge in [-0.25, -0.2) is 9.78 Å². The summed E-state index contributed by atoms with van der Waals surface area (Å²) in [5.41, 5.74) is 0.448. The SMILES string of the molecule is Cc1nccnc1N1CCCCC1CNC(=O)OC(C)(C)C. The third-order valence-corrected chi connectivity index (χ3v) is 3.64. The zero-order valence-electron chi connectivity index (χ0n) is 13.9. The van der Waals surface area contributed by atoms with Crippen molar-refractivity contribution in [3.8, 4) is 0 Å². The minimum atomic E-state index is -0.474. The fourth-order valence-corrected chi connectivity index (χ4v) is 2.69. The van der Waals surface area contributed by atoms with Gasteiger partial charge in [0.1, 0.15) is 11.4 Å². The Hall–Kier alpha value is -1.85. The van der Waals surface area contributed by atoms with Gasteiger partial charge in [0.2, 0.25) is 0 Å². The van der Waals surface area contributed by atoms with E-state index in [0.717, 1.165) is 37.3 Å². The largest absolute Gasteiger partial charge is 0.444 e. The molecule has 1 amide bonds. The molecule has 0 spiro atoms. The van der Waals surface area contributed by atoms with Gasteiger partial charge < -0.3 is 15.0 Å².